The Labute approximate surface area is 116 Å². The number of piperazine rings is 1. The Morgan fingerprint density at radius 3 is 2.60 bits per heavy atom. The Balaban J connectivity index is 1.89. The second kappa shape index (κ2) is 6.49. The normalized spacial score (nSPS) is 16.4. The number of carboxylic acid groups (broad SMARTS) is 1. The first-order valence-electron chi connectivity index (χ1n) is 6.55. The SMILES string of the molecule is NCCn1cnc(C(=O)N2CCN(CC(=O)O)CC2)c1. The van der Waals surface area contributed by atoms with Gasteiger partial charge in [-0.25, -0.2) is 4.98 Å². The van der Waals surface area contributed by atoms with Gasteiger partial charge in [-0.05, 0) is 0 Å². The average Bonchev–Trinajstić information content (AvgIpc) is 2.87. The molecule has 2 heterocycles. The molecule has 0 saturated carbocycles. The molecule has 0 aromatic carbocycles. The molecule has 0 aliphatic carbocycles. The van der Waals surface area contributed by atoms with Crippen molar-refractivity contribution in [1.82, 2.24) is 19.4 Å². The van der Waals surface area contributed by atoms with Crippen molar-refractivity contribution in [3.63, 3.8) is 0 Å². The zero-order valence-corrected chi connectivity index (χ0v) is 11.2. The average molecular weight is 281 g/mol. The minimum Gasteiger partial charge on any atom is -0.480 e. The van der Waals surface area contributed by atoms with Crippen LogP contribution in [-0.4, -0.2) is 75.6 Å². The van der Waals surface area contributed by atoms with E-state index < -0.39 is 5.97 Å². The van der Waals surface area contributed by atoms with Gasteiger partial charge in [0.25, 0.3) is 5.91 Å². The number of hydrogen-bond acceptors (Lipinski definition) is 5. The van der Waals surface area contributed by atoms with Gasteiger partial charge in [-0.2, -0.15) is 0 Å². The highest BCUT2D eigenvalue weighted by Crippen LogP contribution is 2.07. The molecule has 1 amide bonds. The van der Waals surface area contributed by atoms with Crippen LogP contribution < -0.4 is 5.73 Å². The van der Waals surface area contributed by atoms with Crippen LogP contribution in [0.15, 0.2) is 12.5 Å². The standard InChI is InChI=1S/C12H19N5O3/c13-1-2-16-7-10(14-9-16)12(20)17-5-3-15(4-6-17)8-11(18)19/h7,9H,1-6,8,13H2,(H,18,19). The van der Waals surface area contributed by atoms with Crippen LogP contribution in [0.3, 0.4) is 0 Å². The fourth-order valence-electron chi connectivity index (χ4n) is 2.20. The molecule has 110 valence electrons. The van der Waals surface area contributed by atoms with Gasteiger partial charge in [0.2, 0.25) is 0 Å². The maximum Gasteiger partial charge on any atom is 0.317 e. The van der Waals surface area contributed by atoms with Gasteiger partial charge >= 0.3 is 5.97 Å². The van der Waals surface area contributed by atoms with Crippen molar-refractivity contribution >= 4 is 11.9 Å². The van der Waals surface area contributed by atoms with E-state index in [1.807, 2.05) is 4.90 Å². The third-order valence-corrected chi connectivity index (χ3v) is 3.26. The number of aromatic nitrogens is 2. The molecule has 8 heteroatoms. The predicted molar refractivity (Wildman–Crippen MR) is 71.3 cm³/mol. The van der Waals surface area contributed by atoms with E-state index in [9.17, 15) is 9.59 Å². The van der Waals surface area contributed by atoms with E-state index in [-0.39, 0.29) is 12.5 Å². The van der Waals surface area contributed by atoms with Crippen molar-refractivity contribution in [2.45, 2.75) is 6.54 Å². The Hall–Kier alpha value is -1.93. The molecule has 1 aliphatic heterocycles. The number of carboxylic acids is 1. The van der Waals surface area contributed by atoms with Crippen molar-refractivity contribution in [1.29, 1.82) is 0 Å². The Bertz CT molecular complexity index is 479. The molecular weight excluding hydrogens is 262 g/mol. The fourth-order valence-corrected chi connectivity index (χ4v) is 2.20. The summed E-state index contributed by atoms with van der Waals surface area (Å²) in [6.07, 6.45) is 3.29. The highest BCUT2D eigenvalue weighted by atomic mass is 16.4. The van der Waals surface area contributed by atoms with E-state index >= 15 is 0 Å². The van der Waals surface area contributed by atoms with E-state index in [0.717, 1.165) is 0 Å². The Morgan fingerprint density at radius 1 is 1.30 bits per heavy atom. The zero-order valence-electron chi connectivity index (χ0n) is 11.2. The number of carbonyl (C=O) groups is 2. The van der Waals surface area contributed by atoms with Gasteiger partial charge < -0.3 is 20.3 Å². The first kappa shape index (κ1) is 14.5. The summed E-state index contributed by atoms with van der Waals surface area (Å²) in [5.74, 6) is -0.957. The number of amides is 1. The molecule has 8 nitrogen and oxygen atoms in total. The molecule has 3 N–H and O–H groups in total. The number of hydrogen-bond donors (Lipinski definition) is 2. The van der Waals surface area contributed by atoms with Crippen molar-refractivity contribution in [2.75, 3.05) is 39.3 Å². The largest absolute Gasteiger partial charge is 0.480 e. The van der Waals surface area contributed by atoms with Gasteiger partial charge in [0, 0.05) is 45.5 Å². The molecule has 0 spiro atoms. The lowest BCUT2D eigenvalue weighted by molar-refractivity contribution is -0.138. The summed E-state index contributed by atoms with van der Waals surface area (Å²) >= 11 is 0. The zero-order chi connectivity index (χ0) is 14.5. The lowest BCUT2D eigenvalue weighted by atomic mass is 10.3. The number of nitrogens with zero attached hydrogens (tertiary/aromatic N) is 4. The molecular formula is C12H19N5O3. The highest BCUT2D eigenvalue weighted by molar-refractivity contribution is 5.92. The second-order valence-corrected chi connectivity index (χ2v) is 4.75. The topological polar surface area (TPSA) is 105 Å². The minimum absolute atomic E-state index is 0.0210. The summed E-state index contributed by atoms with van der Waals surface area (Å²) in [7, 11) is 0. The number of carbonyl (C=O) groups excluding carboxylic acids is 1. The van der Waals surface area contributed by atoms with Crippen LogP contribution >= 0.6 is 0 Å². The molecule has 1 aliphatic rings. The Morgan fingerprint density at radius 2 is 2.00 bits per heavy atom. The third kappa shape index (κ3) is 3.55. The number of imidazole rings is 1. The second-order valence-electron chi connectivity index (χ2n) is 4.75. The van der Waals surface area contributed by atoms with Gasteiger partial charge in [-0.15, -0.1) is 0 Å². The summed E-state index contributed by atoms with van der Waals surface area (Å²) in [5, 5.41) is 8.73. The van der Waals surface area contributed by atoms with Crippen LogP contribution in [0.4, 0.5) is 0 Å². The lowest BCUT2D eigenvalue weighted by Crippen LogP contribution is -2.50. The van der Waals surface area contributed by atoms with E-state index in [2.05, 4.69) is 4.98 Å². The number of nitrogens with two attached hydrogens (primary N) is 1. The van der Waals surface area contributed by atoms with Gasteiger partial charge in [-0.3, -0.25) is 14.5 Å². The summed E-state index contributed by atoms with van der Waals surface area (Å²) < 4.78 is 1.79. The lowest BCUT2D eigenvalue weighted by Gasteiger charge is -2.33. The van der Waals surface area contributed by atoms with Crippen molar-refractivity contribution in [3.05, 3.63) is 18.2 Å². The molecule has 1 aromatic rings. The van der Waals surface area contributed by atoms with E-state index in [1.165, 1.54) is 0 Å². The predicted octanol–water partition coefficient (Wildman–Crippen LogP) is -1.32. The van der Waals surface area contributed by atoms with Crippen LogP contribution in [0.2, 0.25) is 0 Å². The maximum atomic E-state index is 12.2. The van der Waals surface area contributed by atoms with Crippen molar-refractivity contribution in [3.8, 4) is 0 Å². The quantitative estimate of drug-likeness (QED) is 0.694. The molecule has 0 radical (unpaired) electrons. The summed E-state index contributed by atoms with van der Waals surface area (Å²) in [6.45, 7) is 3.34. The monoisotopic (exact) mass is 281 g/mol. The molecule has 0 unspecified atom stereocenters. The molecule has 1 fully saturated rings. The maximum absolute atomic E-state index is 12.2. The molecule has 0 atom stereocenters. The van der Waals surface area contributed by atoms with E-state index in [4.69, 9.17) is 10.8 Å². The molecule has 1 saturated heterocycles. The van der Waals surface area contributed by atoms with Gasteiger partial charge in [0.1, 0.15) is 5.69 Å². The highest BCUT2D eigenvalue weighted by Gasteiger charge is 2.24. The molecule has 0 bridgehead atoms. The number of rotatable bonds is 5. The van der Waals surface area contributed by atoms with Crippen LogP contribution in [0.1, 0.15) is 10.5 Å². The van der Waals surface area contributed by atoms with Crippen molar-refractivity contribution < 1.29 is 14.7 Å². The van der Waals surface area contributed by atoms with Gasteiger partial charge in [0.05, 0.1) is 12.9 Å². The first-order chi connectivity index (χ1) is 9.60. The van der Waals surface area contributed by atoms with Gasteiger partial charge in [0.15, 0.2) is 0 Å². The third-order valence-electron chi connectivity index (χ3n) is 3.26. The Kier molecular flexibility index (Phi) is 4.70. The van der Waals surface area contributed by atoms with Crippen LogP contribution in [0.25, 0.3) is 0 Å². The summed E-state index contributed by atoms with van der Waals surface area (Å²) in [5.41, 5.74) is 5.85. The number of aliphatic carboxylic acids is 1. The molecule has 2 rings (SSSR count). The summed E-state index contributed by atoms with van der Waals surface area (Å²) in [4.78, 5) is 30.5. The minimum atomic E-state index is -0.842. The van der Waals surface area contributed by atoms with E-state index in [1.54, 1.807) is 22.0 Å². The van der Waals surface area contributed by atoms with Crippen LogP contribution in [0.5, 0.6) is 0 Å². The summed E-state index contributed by atoms with van der Waals surface area (Å²) in [6, 6.07) is 0. The van der Waals surface area contributed by atoms with Crippen LogP contribution in [0, 0.1) is 0 Å². The van der Waals surface area contributed by atoms with Crippen molar-refractivity contribution in [2.24, 2.45) is 5.73 Å². The first-order valence-corrected chi connectivity index (χ1v) is 6.55. The van der Waals surface area contributed by atoms with Crippen LogP contribution in [-0.2, 0) is 11.3 Å². The fraction of sp³-hybridized carbons (Fsp3) is 0.583. The van der Waals surface area contributed by atoms with E-state index in [0.29, 0.717) is 45.0 Å². The smallest absolute Gasteiger partial charge is 0.317 e. The van der Waals surface area contributed by atoms with Gasteiger partial charge in [-0.1, -0.05) is 0 Å². The molecule has 1 aromatic heterocycles. The molecule has 20 heavy (non-hydrogen) atoms.